The number of aryl methyl sites for hydroxylation is 2. The molecular formula is C19H25N5O. The molecule has 25 heavy (non-hydrogen) atoms. The van der Waals surface area contributed by atoms with Crippen molar-refractivity contribution in [2.75, 3.05) is 19.6 Å². The minimum atomic E-state index is 0.104. The Morgan fingerprint density at radius 2 is 2.16 bits per heavy atom. The summed E-state index contributed by atoms with van der Waals surface area (Å²) >= 11 is 0. The summed E-state index contributed by atoms with van der Waals surface area (Å²) in [7, 11) is 0. The molecule has 0 spiro atoms. The predicted octanol–water partition coefficient (Wildman–Crippen LogP) is 1.64. The molecule has 2 aliphatic rings. The quantitative estimate of drug-likeness (QED) is 0.920. The number of aromatic nitrogens is 3. The van der Waals surface area contributed by atoms with Crippen LogP contribution in [0.3, 0.4) is 0 Å². The van der Waals surface area contributed by atoms with Crippen LogP contribution in [0, 0.1) is 6.92 Å². The van der Waals surface area contributed by atoms with E-state index in [0.29, 0.717) is 19.0 Å². The van der Waals surface area contributed by atoms with Crippen molar-refractivity contribution in [2.45, 2.75) is 45.2 Å². The Morgan fingerprint density at radius 1 is 1.28 bits per heavy atom. The van der Waals surface area contributed by atoms with Crippen LogP contribution in [-0.2, 0) is 24.3 Å². The first-order chi connectivity index (χ1) is 12.2. The van der Waals surface area contributed by atoms with Gasteiger partial charge in [-0.15, -0.1) is 10.2 Å². The lowest BCUT2D eigenvalue weighted by molar-refractivity contribution is -0.122. The van der Waals surface area contributed by atoms with Gasteiger partial charge in [0.05, 0.1) is 13.1 Å². The van der Waals surface area contributed by atoms with Crippen molar-refractivity contribution in [1.82, 2.24) is 25.0 Å². The number of carbonyl (C=O) groups excluding carboxylic acids is 1. The predicted molar refractivity (Wildman–Crippen MR) is 95.2 cm³/mol. The molecule has 4 rings (SSSR count). The Kier molecular flexibility index (Phi) is 4.53. The molecule has 1 N–H and O–H groups in total. The van der Waals surface area contributed by atoms with E-state index in [4.69, 9.17) is 0 Å². The maximum absolute atomic E-state index is 12.4. The standard InChI is InChI=1S/C19H25N5O/c1-14-21-22-18-12-23(9-10-24(14)18)13-19(25)20-11-16-7-4-6-15-5-2-3-8-17(15)16/h2-3,5,8,16H,4,6-7,9-13H2,1H3,(H,20,25)/t16-/m1/s1. The number of nitrogens with zero attached hydrogens (tertiary/aromatic N) is 4. The highest BCUT2D eigenvalue weighted by molar-refractivity contribution is 5.78. The molecule has 2 heterocycles. The van der Waals surface area contributed by atoms with Crippen molar-refractivity contribution in [3.63, 3.8) is 0 Å². The fourth-order valence-electron chi connectivity index (χ4n) is 4.05. The molecule has 0 unspecified atom stereocenters. The zero-order valence-electron chi connectivity index (χ0n) is 14.7. The first-order valence-corrected chi connectivity index (χ1v) is 9.16. The fraction of sp³-hybridized carbons (Fsp3) is 0.526. The maximum Gasteiger partial charge on any atom is 0.234 e. The van der Waals surface area contributed by atoms with Gasteiger partial charge in [0.15, 0.2) is 0 Å². The van der Waals surface area contributed by atoms with Crippen molar-refractivity contribution < 1.29 is 4.79 Å². The molecular weight excluding hydrogens is 314 g/mol. The average Bonchev–Trinajstić information content (AvgIpc) is 3.00. The molecule has 1 atom stereocenters. The Labute approximate surface area is 148 Å². The molecule has 0 saturated heterocycles. The van der Waals surface area contributed by atoms with Gasteiger partial charge in [0.25, 0.3) is 0 Å². The molecule has 2 aromatic rings. The molecule has 132 valence electrons. The number of hydrogen-bond donors (Lipinski definition) is 1. The Balaban J connectivity index is 1.30. The van der Waals surface area contributed by atoms with E-state index in [-0.39, 0.29) is 5.91 Å². The molecule has 6 nitrogen and oxygen atoms in total. The van der Waals surface area contributed by atoms with Crippen molar-refractivity contribution >= 4 is 5.91 Å². The van der Waals surface area contributed by atoms with Gasteiger partial charge in [0.2, 0.25) is 5.91 Å². The molecule has 1 aliphatic heterocycles. The summed E-state index contributed by atoms with van der Waals surface area (Å²) in [5.41, 5.74) is 2.86. The number of carbonyl (C=O) groups is 1. The summed E-state index contributed by atoms with van der Waals surface area (Å²) < 4.78 is 2.13. The Hall–Kier alpha value is -2.21. The van der Waals surface area contributed by atoms with Crippen LogP contribution in [0.4, 0.5) is 0 Å². The molecule has 1 aromatic carbocycles. The monoisotopic (exact) mass is 339 g/mol. The summed E-state index contributed by atoms with van der Waals surface area (Å²) in [5.74, 6) is 2.46. The number of amides is 1. The van der Waals surface area contributed by atoms with E-state index in [2.05, 4.69) is 49.2 Å². The third-order valence-electron chi connectivity index (χ3n) is 5.42. The summed E-state index contributed by atoms with van der Waals surface area (Å²) in [4.78, 5) is 14.5. The van der Waals surface area contributed by atoms with E-state index >= 15 is 0 Å². The Morgan fingerprint density at radius 3 is 3.08 bits per heavy atom. The SMILES string of the molecule is Cc1nnc2n1CCN(CC(=O)NC[C@H]1CCCc3ccccc31)C2. The van der Waals surface area contributed by atoms with Crippen LogP contribution in [-0.4, -0.2) is 45.2 Å². The van der Waals surface area contributed by atoms with Crippen LogP contribution in [0.1, 0.15) is 41.5 Å². The van der Waals surface area contributed by atoms with Crippen LogP contribution in [0.2, 0.25) is 0 Å². The smallest absolute Gasteiger partial charge is 0.234 e. The van der Waals surface area contributed by atoms with Crippen LogP contribution >= 0.6 is 0 Å². The molecule has 0 bridgehead atoms. The second kappa shape index (κ2) is 6.96. The van der Waals surface area contributed by atoms with Crippen LogP contribution in [0.15, 0.2) is 24.3 Å². The van der Waals surface area contributed by atoms with Crippen molar-refractivity contribution in [1.29, 1.82) is 0 Å². The van der Waals surface area contributed by atoms with Gasteiger partial charge >= 0.3 is 0 Å². The zero-order valence-corrected chi connectivity index (χ0v) is 14.7. The van der Waals surface area contributed by atoms with E-state index < -0.39 is 0 Å². The number of nitrogens with one attached hydrogen (secondary N) is 1. The van der Waals surface area contributed by atoms with Gasteiger partial charge in [-0.3, -0.25) is 9.69 Å². The second-order valence-corrected chi connectivity index (χ2v) is 7.12. The first kappa shape index (κ1) is 16.3. The number of fused-ring (bicyclic) bond motifs is 2. The summed E-state index contributed by atoms with van der Waals surface area (Å²) in [6, 6.07) is 8.64. The molecule has 0 radical (unpaired) electrons. The highest BCUT2D eigenvalue weighted by atomic mass is 16.2. The minimum absolute atomic E-state index is 0.104. The third kappa shape index (κ3) is 3.44. The normalized spacial score (nSPS) is 20.0. The van der Waals surface area contributed by atoms with Crippen LogP contribution in [0.5, 0.6) is 0 Å². The zero-order chi connectivity index (χ0) is 17.2. The van der Waals surface area contributed by atoms with Crippen molar-refractivity contribution in [3.8, 4) is 0 Å². The molecule has 1 amide bonds. The van der Waals surface area contributed by atoms with Gasteiger partial charge < -0.3 is 9.88 Å². The number of benzene rings is 1. The fourth-order valence-corrected chi connectivity index (χ4v) is 4.05. The van der Waals surface area contributed by atoms with Gasteiger partial charge in [-0.25, -0.2) is 0 Å². The van der Waals surface area contributed by atoms with E-state index in [1.165, 1.54) is 17.5 Å². The van der Waals surface area contributed by atoms with E-state index in [0.717, 1.165) is 44.1 Å². The maximum atomic E-state index is 12.4. The lowest BCUT2D eigenvalue weighted by Gasteiger charge is -2.28. The lowest BCUT2D eigenvalue weighted by Crippen LogP contribution is -2.42. The lowest BCUT2D eigenvalue weighted by atomic mass is 9.83. The number of hydrogen-bond acceptors (Lipinski definition) is 4. The van der Waals surface area contributed by atoms with Crippen molar-refractivity contribution in [2.24, 2.45) is 0 Å². The van der Waals surface area contributed by atoms with Gasteiger partial charge in [0.1, 0.15) is 11.6 Å². The van der Waals surface area contributed by atoms with E-state index in [1.54, 1.807) is 0 Å². The highest BCUT2D eigenvalue weighted by Crippen LogP contribution is 2.30. The van der Waals surface area contributed by atoms with Crippen molar-refractivity contribution in [3.05, 3.63) is 47.0 Å². The topological polar surface area (TPSA) is 63.1 Å². The molecule has 0 saturated carbocycles. The molecule has 1 aromatic heterocycles. The third-order valence-corrected chi connectivity index (χ3v) is 5.42. The molecule has 1 aliphatic carbocycles. The van der Waals surface area contributed by atoms with Gasteiger partial charge in [0, 0.05) is 25.6 Å². The minimum Gasteiger partial charge on any atom is -0.354 e. The molecule has 0 fully saturated rings. The Bertz CT molecular complexity index is 769. The molecule has 6 heteroatoms. The van der Waals surface area contributed by atoms with Crippen LogP contribution in [0.25, 0.3) is 0 Å². The highest BCUT2D eigenvalue weighted by Gasteiger charge is 2.23. The largest absolute Gasteiger partial charge is 0.354 e. The summed E-state index contributed by atoms with van der Waals surface area (Å²) in [6.45, 7) is 5.56. The average molecular weight is 339 g/mol. The second-order valence-electron chi connectivity index (χ2n) is 7.12. The number of rotatable bonds is 4. The summed E-state index contributed by atoms with van der Waals surface area (Å²) in [5, 5.41) is 11.5. The first-order valence-electron chi connectivity index (χ1n) is 9.16. The van der Waals surface area contributed by atoms with Gasteiger partial charge in [-0.2, -0.15) is 0 Å². The van der Waals surface area contributed by atoms with Crippen LogP contribution < -0.4 is 5.32 Å². The van der Waals surface area contributed by atoms with Gasteiger partial charge in [-0.05, 0) is 37.3 Å². The van der Waals surface area contributed by atoms with Gasteiger partial charge in [-0.1, -0.05) is 24.3 Å². The van der Waals surface area contributed by atoms with E-state index in [9.17, 15) is 4.79 Å². The summed E-state index contributed by atoms with van der Waals surface area (Å²) in [6.07, 6.45) is 3.52. The van der Waals surface area contributed by atoms with E-state index in [1.807, 2.05) is 6.92 Å².